The molecule has 15 heteroatoms. The molecule has 0 aliphatic carbocycles. The summed E-state index contributed by atoms with van der Waals surface area (Å²) in [7, 11) is 3.98. The number of nitrogens with one attached hydrogen (secondary N) is 2. The molecule has 2 amide bonds. The minimum Gasteiger partial charge on any atom is -0.467 e. The number of nitrogens with zero attached hydrogens (tertiary/aromatic N) is 3. The number of piperazine rings is 1. The van der Waals surface area contributed by atoms with Gasteiger partial charge in [0.05, 0.1) is 19.1 Å². The molecule has 0 radical (unpaired) electrons. The van der Waals surface area contributed by atoms with Crippen LogP contribution in [0.15, 0.2) is 51.3 Å². The molecular formula is C33H51F5N5O4P. The van der Waals surface area contributed by atoms with E-state index in [9.17, 15) is 36.3 Å². The number of carbonyl (C=O) groups excluding carboxylic acids is 3. The molecule has 1 rings (SSSR count). The summed E-state index contributed by atoms with van der Waals surface area (Å²) in [6.07, 6.45) is 1.17. The maximum Gasteiger partial charge on any atom is 0.414 e. The molecule has 48 heavy (non-hydrogen) atoms. The summed E-state index contributed by atoms with van der Waals surface area (Å²) >= 11 is 0. The number of alkyl halides is 5. The number of carbonyl (C=O) groups is 3. The first-order valence-electron chi connectivity index (χ1n) is 16.0. The summed E-state index contributed by atoms with van der Waals surface area (Å²) in [5.74, 6) is -1.88. The van der Waals surface area contributed by atoms with Crippen LogP contribution in [0.4, 0.5) is 22.0 Å². The first-order chi connectivity index (χ1) is 22.3. The Labute approximate surface area is 283 Å². The summed E-state index contributed by atoms with van der Waals surface area (Å²) in [5, 5.41) is 5.18. The van der Waals surface area contributed by atoms with Gasteiger partial charge in [0, 0.05) is 49.1 Å². The molecule has 2 N–H and O–H groups in total. The van der Waals surface area contributed by atoms with Gasteiger partial charge in [-0.2, -0.15) is 22.0 Å². The van der Waals surface area contributed by atoms with Crippen molar-refractivity contribution in [2.75, 3.05) is 40.3 Å². The Morgan fingerprint density at radius 3 is 2.06 bits per heavy atom. The van der Waals surface area contributed by atoms with E-state index in [4.69, 9.17) is 4.74 Å². The van der Waals surface area contributed by atoms with E-state index in [0.29, 0.717) is 37.3 Å². The normalized spacial score (nSPS) is 18.0. The molecule has 2 unspecified atom stereocenters. The quantitative estimate of drug-likeness (QED) is 0.0517. The monoisotopic (exact) mass is 707 g/mol. The number of hydrogen-bond acceptors (Lipinski definition) is 7. The van der Waals surface area contributed by atoms with E-state index < -0.39 is 53.2 Å². The number of methoxy groups -OCH3 is 1. The van der Waals surface area contributed by atoms with E-state index in [1.807, 2.05) is 11.8 Å². The van der Waals surface area contributed by atoms with Crippen LogP contribution in [0.25, 0.3) is 0 Å². The minimum absolute atomic E-state index is 0.147. The van der Waals surface area contributed by atoms with E-state index in [2.05, 4.69) is 15.6 Å². The highest BCUT2D eigenvalue weighted by Gasteiger charge is 2.45. The van der Waals surface area contributed by atoms with Gasteiger partial charge in [0.25, 0.3) is 11.6 Å². The zero-order valence-electron chi connectivity index (χ0n) is 29.2. The van der Waals surface area contributed by atoms with Gasteiger partial charge < -0.3 is 25.2 Å². The molecule has 3 atom stereocenters. The number of likely N-dealkylation sites (N-methyl/N-ethyl adjacent to an activating group) is 1. The van der Waals surface area contributed by atoms with Gasteiger partial charge in [0.2, 0.25) is 5.91 Å². The number of rotatable bonds is 16. The maximum absolute atomic E-state index is 14.4. The van der Waals surface area contributed by atoms with Gasteiger partial charge in [0.1, 0.15) is 11.9 Å². The van der Waals surface area contributed by atoms with Crippen molar-refractivity contribution in [3.63, 3.8) is 0 Å². The fourth-order valence-electron chi connectivity index (χ4n) is 5.16. The Kier molecular flexibility index (Phi) is 17.1. The highest BCUT2D eigenvalue weighted by molar-refractivity contribution is 7.18. The van der Waals surface area contributed by atoms with Gasteiger partial charge in [0.15, 0.2) is 0 Å². The van der Waals surface area contributed by atoms with Gasteiger partial charge in [-0.15, -0.1) is 0 Å². The maximum atomic E-state index is 14.4. The average Bonchev–Trinajstić information content (AvgIpc) is 3.02. The smallest absolute Gasteiger partial charge is 0.414 e. The Balaban J connectivity index is 3.24. The second-order valence-electron chi connectivity index (χ2n) is 11.7. The van der Waals surface area contributed by atoms with Gasteiger partial charge in [-0.25, -0.2) is 9.79 Å². The summed E-state index contributed by atoms with van der Waals surface area (Å²) in [4.78, 5) is 47.2. The number of amides is 2. The minimum atomic E-state index is -4.76. The van der Waals surface area contributed by atoms with E-state index in [1.54, 1.807) is 19.9 Å². The molecule has 9 nitrogen and oxygen atoms in total. The Hall–Kier alpha value is -3.12. The zero-order chi connectivity index (χ0) is 36.9. The van der Waals surface area contributed by atoms with Crippen molar-refractivity contribution < 1.29 is 41.1 Å². The number of halogens is 5. The number of esters is 1. The predicted octanol–water partition coefficient (Wildman–Crippen LogP) is 5.91. The van der Waals surface area contributed by atoms with Crippen molar-refractivity contribution in [3.05, 3.63) is 46.3 Å². The fourth-order valence-corrected chi connectivity index (χ4v) is 5.40. The van der Waals surface area contributed by atoms with Gasteiger partial charge in [-0.3, -0.25) is 9.59 Å². The highest BCUT2D eigenvalue weighted by Crippen LogP contribution is 2.38. The largest absolute Gasteiger partial charge is 0.467 e. The first-order valence-corrected chi connectivity index (χ1v) is 16.6. The van der Waals surface area contributed by atoms with E-state index in [-0.39, 0.29) is 37.1 Å². The molecule has 0 aromatic heterocycles. The van der Waals surface area contributed by atoms with Gasteiger partial charge in [-0.1, -0.05) is 48.1 Å². The van der Waals surface area contributed by atoms with Crippen LogP contribution >= 0.6 is 9.24 Å². The molecular weight excluding hydrogens is 656 g/mol. The van der Waals surface area contributed by atoms with Crippen LogP contribution in [0.1, 0.15) is 73.6 Å². The standard InChI is InChI=1S/C33H51F5N5O4P/c1-9-13-27(40-21-23(12-4)33(37,38)48)42-15-17-43(18-16-42)28(44)20-25(30(46)47-8)41-29(45)24(22(5)11-3)19-26(32(34,35)36)31(6,39-7)14-10-2/h12-13,19,21,25,39H,9-11,14-18,20,48H2,1-8H3,(H,41,45)/b23-12+,24-22?,26-19+,27-13-,40-21-/t25-,31?/m0/s1. The van der Waals surface area contributed by atoms with Crippen molar-refractivity contribution in [1.82, 2.24) is 20.4 Å². The van der Waals surface area contributed by atoms with Crippen molar-refractivity contribution in [2.24, 2.45) is 4.99 Å². The molecule has 1 aliphatic rings. The second-order valence-corrected chi connectivity index (χ2v) is 12.4. The van der Waals surface area contributed by atoms with Crippen LogP contribution in [0.3, 0.4) is 0 Å². The summed E-state index contributed by atoms with van der Waals surface area (Å²) in [5.41, 5.74) is -5.74. The van der Waals surface area contributed by atoms with E-state index >= 15 is 0 Å². The molecule has 0 bridgehead atoms. The lowest BCUT2D eigenvalue weighted by Crippen LogP contribution is -2.51. The number of ether oxygens (including phenoxy) is 1. The fraction of sp³-hybridized carbons (Fsp3) is 0.636. The van der Waals surface area contributed by atoms with Crippen LogP contribution in [0.2, 0.25) is 0 Å². The molecule has 1 aliphatic heterocycles. The van der Waals surface area contributed by atoms with Crippen molar-refractivity contribution >= 4 is 33.2 Å². The molecule has 1 fully saturated rings. The van der Waals surface area contributed by atoms with Crippen molar-refractivity contribution in [2.45, 2.75) is 97.1 Å². The molecule has 0 saturated carbocycles. The molecule has 0 aromatic rings. The van der Waals surface area contributed by atoms with Gasteiger partial charge in [-0.05, 0) is 59.2 Å². The number of hydrogen-bond donors (Lipinski definition) is 2. The first kappa shape index (κ1) is 42.9. The predicted molar refractivity (Wildman–Crippen MR) is 181 cm³/mol. The third kappa shape index (κ3) is 12.4. The van der Waals surface area contributed by atoms with Crippen LogP contribution in [-0.2, 0) is 19.1 Å². The second kappa shape index (κ2) is 19.2. The third-order valence-electron chi connectivity index (χ3n) is 8.27. The number of allylic oxidation sites excluding steroid dienone is 4. The third-order valence-corrected chi connectivity index (χ3v) is 8.60. The summed E-state index contributed by atoms with van der Waals surface area (Å²) < 4.78 is 75.5. The average molecular weight is 708 g/mol. The summed E-state index contributed by atoms with van der Waals surface area (Å²) in [6, 6.07) is -1.46. The van der Waals surface area contributed by atoms with Gasteiger partial charge >= 0.3 is 12.1 Å². The van der Waals surface area contributed by atoms with Crippen LogP contribution < -0.4 is 10.6 Å². The van der Waals surface area contributed by atoms with Crippen LogP contribution in [0, 0.1) is 0 Å². The highest BCUT2D eigenvalue weighted by atomic mass is 31.0. The van der Waals surface area contributed by atoms with Crippen molar-refractivity contribution in [3.8, 4) is 0 Å². The molecule has 0 aromatic carbocycles. The topological polar surface area (TPSA) is 103 Å². The molecule has 1 saturated heterocycles. The Bertz CT molecular complexity index is 1280. The van der Waals surface area contributed by atoms with E-state index in [0.717, 1.165) is 19.4 Å². The molecule has 1 heterocycles. The lowest BCUT2D eigenvalue weighted by Gasteiger charge is -2.36. The summed E-state index contributed by atoms with van der Waals surface area (Å²) in [6.45, 7) is 10.8. The molecule has 272 valence electrons. The lowest BCUT2D eigenvalue weighted by atomic mass is 9.84. The van der Waals surface area contributed by atoms with Crippen LogP contribution in [0.5, 0.6) is 0 Å². The zero-order valence-corrected chi connectivity index (χ0v) is 30.3. The SMILES string of the molecule is C\C=C(/C=N\C(=C\CC)N1CCN(C(=O)C[C@H](NC(=O)C(/C=C(/C(F)(F)F)C(C)(CCC)NC)=C(C)CC)C(=O)OC)CC1)C(F)(F)P. The lowest BCUT2D eigenvalue weighted by molar-refractivity contribution is -0.147. The Morgan fingerprint density at radius 2 is 1.62 bits per heavy atom. The van der Waals surface area contributed by atoms with E-state index in [1.165, 1.54) is 48.0 Å². The Morgan fingerprint density at radius 1 is 1.04 bits per heavy atom. The van der Waals surface area contributed by atoms with Crippen LogP contribution in [-0.4, -0.2) is 97.6 Å². The molecule has 0 spiro atoms. The van der Waals surface area contributed by atoms with Crippen molar-refractivity contribution in [1.29, 1.82) is 0 Å². The number of aliphatic imine (C=N–C) groups is 1.